The lowest BCUT2D eigenvalue weighted by molar-refractivity contribution is -0.109. The van der Waals surface area contributed by atoms with Crippen LogP contribution in [-0.4, -0.2) is 18.4 Å². The number of aryl methyl sites for hydroxylation is 1. The molecule has 0 saturated carbocycles. The summed E-state index contributed by atoms with van der Waals surface area (Å²) in [4.78, 5) is 13.2. The number of pyridine rings is 1. The van der Waals surface area contributed by atoms with E-state index >= 15 is 0 Å². The van der Waals surface area contributed by atoms with Crippen molar-refractivity contribution in [1.29, 1.82) is 0 Å². The van der Waals surface area contributed by atoms with E-state index in [-0.39, 0.29) is 5.82 Å². The predicted octanol–water partition coefficient (Wildman–Crippen LogP) is 3.42. The Bertz CT molecular complexity index is 901. The van der Waals surface area contributed by atoms with E-state index in [2.05, 4.69) is 29.1 Å². The van der Waals surface area contributed by atoms with Crippen molar-refractivity contribution in [3.63, 3.8) is 0 Å². The number of carbonyl (C=O) groups is 1. The topological polar surface area (TPSA) is 89.3 Å². The Hall–Kier alpha value is -3.45. The second kappa shape index (κ2) is 10.6. The Morgan fingerprint density at radius 3 is 2.50 bits per heavy atom. The van der Waals surface area contributed by atoms with Crippen LogP contribution in [0.15, 0.2) is 60.9 Å². The monoisotopic (exact) mass is 382 g/mol. The second-order valence-corrected chi connectivity index (χ2v) is 5.84. The largest absolute Gasteiger partial charge is 0.487 e. The molecule has 0 saturated heterocycles. The smallest absolute Gasteiger partial charge is 0.221 e. The van der Waals surface area contributed by atoms with Gasteiger partial charge in [-0.05, 0) is 42.3 Å². The molecule has 0 aliphatic heterocycles. The Morgan fingerprint density at radius 2 is 1.86 bits per heavy atom. The molecule has 1 heterocycles. The fraction of sp³-hybridized carbons (Fsp3) is 0.143. The van der Waals surface area contributed by atoms with Crippen molar-refractivity contribution < 1.29 is 13.9 Å². The highest BCUT2D eigenvalue weighted by atomic mass is 19.1. The zero-order valence-electron chi connectivity index (χ0n) is 15.8. The van der Waals surface area contributed by atoms with Crippen molar-refractivity contribution in [3.05, 3.63) is 77.9 Å². The summed E-state index contributed by atoms with van der Waals surface area (Å²) in [6.45, 7) is 2.52. The fourth-order valence-corrected chi connectivity index (χ4v) is 2.58. The van der Waals surface area contributed by atoms with E-state index in [0.717, 1.165) is 22.4 Å². The van der Waals surface area contributed by atoms with Gasteiger partial charge in [0.2, 0.25) is 6.41 Å². The molecular formula is C21H23FN4O2. The lowest BCUT2D eigenvalue weighted by Crippen LogP contribution is -2.18. The maximum Gasteiger partial charge on any atom is 0.221 e. The maximum atomic E-state index is 13.1. The molecule has 7 heteroatoms. The molecule has 0 radical (unpaired) electrons. The zero-order valence-corrected chi connectivity index (χ0v) is 15.8. The highest BCUT2D eigenvalue weighted by molar-refractivity contribution is 5.63. The van der Waals surface area contributed by atoms with Gasteiger partial charge >= 0.3 is 0 Å². The molecule has 6 nitrogen and oxygen atoms in total. The van der Waals surface area contributed by atoms with E-state index in [0.29, 0.717) is 18.8 Å². The summed E-state index contributed by atoms with van der Waals surface area (Å²) >= 11 is 0. The van der Waals surface area contributed by atoms with E-state index in [4.69, 9.17) is 9.53 Å². The van der Waals surface area contributed by atoms with Gasteiger partial charge in [0.25, 0.3) is 0 Å². The normalized spacial score (nSPS) is 9.71. The first-order valence-corrected chi connectivity index (χ1v) is 8.58. The molecule has 146 valence electrons. The quantitative estimate of drug-likeness (QED) is 0.263. The standard InChI is InChI=1S/C20H19FN2O.CH4N2O/c1-14-4-3-5-20(22-2)19(14)13-24-18-10-16(11-23-12-18)15-6-8-17(21)9-7-15;2-3-1-4/h3-12,22H,13H2,1-2H3;1H,2H2,(H,3,4). The van der Waals surface area contributed by atoms with Crippen molar-refractivity contribution in [3.8, 4) is 16.9 Å². The van der Waals surface area contributed by atoms with Gasteiger partial charge in [-0.25, -0.2) is 10.2 Å². The van der Waals surface area contributed by atoms with Gasteiger partial charge in [-0.3, -0.25) is 15.2 Å². The van der Waals surface area contributed by atoms with Crippen LogP contribution in [0, 0.1) is 12.7 Å². The van der Waals surface area contributed by atoms with Gasteiger partial charge in [0.1, 0.15) is 18.2 Å². The first kappa shape index (κ1) is 20.9. The van der Waals surface area contributed by atoms with E-state index in [9.17, 15) is 4.39 Å². The molecule has 1 aromatic heterocycles. The molecule has 0 unspecified atom stereocenters. The lowest BCUT2D eigenvalue weighted by atomic mass is 10.1. The molecular weight excluding hydrogens is 359 g/mol. The third-order valence-electron chi connectivity index (χ3n) is 4.02. The molecule has 3 aromatic rings. The average molecular weight is 382 g/mol. The Balaban J connectivity index is 0.000000640. The van der Waals surface area contributed by atoms with Crippen LogP contribution in [0.25, 0.3) is 11.1 Å². The summed E-state index contributed by atoms with van der Waals surface area (Å²) < 4.78 is 19.0. The van der Waals surface area contributed by atoms with Crippen LogP contribution >= 0.6 is 0 Å². The average Bonchev–Trinajstić information content (AvgIpc) is 2.73. The molecule has 0 spiro atoms. The highest BCUT2D eigenvalue weighted by Gasteiger charge is 2.07. The minimum Gasteiger partial charge on any atom is -0.487 e. The van der Waals surface area contributed by atoms with E-state index in [1.165, 1.54) is 17.7 Å². The molecule has 1 amide bonds. The van der Waals surface area contributed by atoms with E-state index < -0.39 is 0 Å². The zero-order chi connectivity index (χ0) is 20.4. The number of hydrogen-bond donors (Lipinski definition) is 3. The van der Waals surface area contributed by atoms with Gasteiger partial charge in [-0.15, -0.1) is 0 Å². The van der Waals surface area contributed by atoms with E-state index in [1.54, 1.807) is 30.0 Å². The third kappa shape index (κ3) is 5.78. The number of halogens is 1. The van der Waals surface area contributed by atoms with Gasteiger partial charge < -0.3 is 10.1 Å². The molecule has 2 aromatic carbocycles. The van der Waals surface area contributed by atoms with Gasteiger partial charge in [0.05, 0.1) is 6.20 Å². The number of aromatic nitrogens is 1. The summed E-state index contributed by atoms with van der Waals surface area (Å²) in [5, 5.41) is 3.18. The van der Waals surface area contributed by atoms with Crippen molar-refractivity contribution >= 4 is 12.1 Å². The Morgan fingerprint density at radius 1 is 1.14 bits per heavy atom. The van der Waals surface area contributed by atoms with E-state index in [1.807, 2.05) is 25.2 Å². The third-order valence-corrected chi connectivity index (χ3v) is 4.02. The molecule has 0 aliphatic carbocycles. The SMILES string of the molecule is CNc1cccc(C)c1COc1cncc(-c2ccc(F)cc2)c1.NNC=O. The molecule has 4 N–H and O–H groups in total. The highest BCUT2D eigenvalue weighted by Crippen LogP contribution is 2.25. The summed E-state index contributed by atoms with van der Waals surface area (Å²) in [6, 6.07) is 14.4. The number of hydrogen-bond acceptors (Lipinski definition) is 5. The Kier molecular flexibility index (Phi) is 7.92. The molecule has 3 rings (SSSR count). The number of carbonyl (C=O) groups excluding carboxylic acids is 1. The number of nitrogens with two attached hydrogens (primary N) is 1. The van der Waals surface area contributed by atoms with Gasteiger partial charge in [0.15, 0.2) is 0 Å². The first-order chi connectivity index (χ1) is 13.6. The molecule has 0 bridgehead atoms. The molecule has 0 aliphatic rings. The summed E-state index contributed by atoms with van der Waals surface area (Å²) in [5.74, 6) is 4.84. The Labute approximate surface area is 163 Å². The number of hydrazine groups is 1. The van der Waals surface area contributed by atoms with Gasteiger partial charge in [-0.1, -0.05) is 24.3 Å². The van der Waals surface area contributed by atoms with Crippen LogP contribution in [0.5, 0.6) is 5.75 Å². The van der Waals surface area contributed by atoms with Crippen molar-refractivity contribution in [2.45, 2.75) is 13.5 Å². The number of rotatable bonds is 6. The fourth-order valence-electron chi connectivity index (χ4n) is 2.58. The van der Waals surface area contributed by atoms with Gasteiger partial charge in [-0.2, -0.15) is 0 Å². The van der Waals surface area contributed by atoms with Crippen molar-refractivity contribution in [1.82, 2.24) is 10.4 Å². The minimum atomic E-state index is -0.252. The lowest BCUT2D eigenvalue weighted by Gasteiger charge is -2.13. The summed E-state index contributed by atoms with van der Waals surface area (Å²) in [7, 11) is 1.90. The first-order valence-electron chi connectivity index (χ1n) is 8.58. The number of benzene rings is 2. The van der Waals surface area contributed by atoms with Crippen LogP contribution < -0.4 is 21.3 Å². The number of ether oxygens (including phenoxy) is 1. The predicted molar refractivity (Wildman–Crippen MR) is 108 cm³/mol. The maximum absolute atomic E-state index is 13.1. The number of nitrogens with zero attached hydrogens (tertiary/aromatic N) is 1. The van der Waals surface area contributed by atoms with Crippen LogP contribution in [0.3, 0.4) is 0 Å². The van der Waals surface area contributed by atoms with Crippen LogP contribution in [0.1, 0.15) is 11.1 Å². The van der Waals surface area contributed by atoms with Crippen LogP contribution in [0.2, 0.25) is 0 Å². The number of amides is 1. The number of nitrogens with one attached hydrogen (secondary N) is 2. The minimum absolute atomic E-state index is 0.252. The second-order valence-electron chi connectivity index (χ2n) is 5.84. The summed E-state index contributed by atoms with van der Waals surface area (Å²) in [5.41, 5.74) is 6.89. The van der Waals surface area contributed by atoms with Crippen molar-refractivity contribution in [2.75, 3.05) is 12.4 Å². The number of anilines is 1. The van der Waals surface area contributed by atoms with Crippen LogP contribution in [0.4, 0.5) is 10.1 Å². The summed E-state index contributed by atoms with van der Waals surface area (Å²) in [6.07, 6.45) is 3.83. The van der Waals surface area contributed by atoms with Crippen molar-refractivity contribution in [2.24, 2.45) is 5.84 Å². The molecule has 28 heavy (non-hydrogen) atoms. The van der Waals surface area contributed by atoms with Gasteiger partial charge in [0, 0.05) is 30.1 Å². The molecule has 0 atom stereocenters. The van der Waals surface area contributed by atoms with Crippen LogP contribution in [-0.2, 0) is 11.4 Å². The molecule has 0 fully saturated rings.